The maximum Gasteiger partial charge on any atom is 3.00 e. The van der Waals surface area contributed by atoms with Crippen LogP contribution in [0.5, 0.6) is 23.0 Å². The minimum Gasteiger partial charge on any atom is -0.482 e. The number of aliphatic carboxylic acids is 7. The normalized spacial score (nSPS) is 9.78. The van der Waals surface area contributed by atoms with Crippen molar-refractivity contribution in [1.82, 2.24) is 24.8 Å². The molecule has 3 heterocycles. The number of pyridine rings is 3. The van der Waals surface area contributed by atoms with E-state index < -0.39 is 99.4 Å². The van der Waals surface area contributed by atoms with E-state index in [-0.39, 0.29) is 268 Å². The van der Waals surface area contributed by atoms with Crippen molar-refractivity contribution >= 4 is 70.8 Å². The third kappa shape index (κ3) is 31.5. The van der Waals surface area contributed by atoms with E-state index in [0.717, 1.165) is 6.07 Å². The van der Waals surface area contributed by atoms with E-state index in [1.807, 2.05) is 0 Å². The summed E-state index contributed by atoms with van der Waals surface area (Å²) in [4.78, 5) is 114. The number of ether oxygens (including phenoxy) is 4. The van der Waals surface area contributed by atoms with Crippen molar-refractivity contribution in [3.63, 3.8) is 0 Å². The van der Waals surface area contributed by atoms with Crippen LogP contribution in [0.15, 0.2) is 102 Å². The molecule has 0 bridgehead atoms. The first kappa shape index (κ1) is 83.1. The van der Waals surface area contributed by atoms with Gasteiger partial charge in [0.05, 0.1) is 58.8 Å². The van der Waals surface area contributed by atoms with E-state index in [0.29, 0.717) is 16.8 Å². The average molecular weight is 1440 g/mol. The third-order valence-corrected chi connectivity index (χ3v) is 10.9. The van der Waals surface area contributed by atoms with Crippen LogP contribution in [0.4, 0.5) is 5.69 Å². The minimum atomic E-state index is -1.46. The number of benzene rings is 3. The van der Waals surface area contributed by atoms with Crippen LogP contribution in [0.25, 0.3) is 0 Å². The molecule has 0 radical (unpaired) electrons. The summed E-state index contributed by atoms with van der Waals surface area (Å²) in [5.41, 5.74) is 2.21. The Balaban J connectivity index is 0.00000828. The second-order valence-corrected chi connectivity index (χ2v) is 18.2. The molecule has 0 saturated heterocycles. The zero-order valence-corrected chi connectivity index (χ0v) is 60.2. The van der Waals surface area contributed by atoms with E-state index in [9.17, 15) is 58.8 Å². The standard InChI is InChI=1S/C59H46N6O20S.Eu.4Na/c66-52(67)21-42-11-36(3-5-39-16-47(82-30-55(72)73)22-48(17-39)83-31-56(74)75)12-43(61-42)24-64(28-53(68)69)25-44-13-37(2-1-35-7-9-41(10-8-35)60-34-86)14-45(62-44)26-65(29-54(70)71)27-46-15-38(20-51(63-46)59(80)81)4-6-40-18-49(84-32-57(76)77)23-50(19-40)85-33-58(78)79;;;;;/h7-20,22-23H,21,24-33H2,(H,66,67)(H,68,69)(H,70,71)(H,72,73)(H,74,75)(H,76,77)(H,78,79)(H,80,81);;;;;/q;+3;4*+1. The van der Waals surface area contributed by atoms with Crippen LogP contribution in [0.2, 0.25) is 0 Å². The van der Waals surface area contributed by atoms with Crippen molar-refractivity contribution in [1.29, 1.82) is 0 Å². The molecule has 6 rings (SSSR count). The van der Waals surface area contributed by atoms with Gasteiger partial charge in [0.1, 0.15) is 28.7 Å². The number of aromatic nitrogens is 3. The first-order chi connectivity index (χ1) is 41.0. The summed E-state index contributed by atoms with van der Waals surface area (Å²) in [6.45, 7) is -5.29. The Kier molecular flexibility index (Phi) is 38.6. The minimum absolute atomic E-state index is 0. The molecule has 0 aliphatic carbocycles. The summed E-state index contributed by atoms with van der Waals surface area (Å²) >= 11 is 4.70. The Labute approximate surface area is 652 Å². The summed E-state index contributed by atoms with van der Waals surface area (Å²) in [6, 6.07) is 23.1. The summed E-state index contributed by atoms with van der Waals surface area (Å²) < 4.78 is 21.0. The van der Waals surface area contributed by atoms with Crippen molar-refractivity contribution in [2.24, 2.45) is 4.99 Å². The summed E-state index contributed by atoms with van der Waals surface area (Å²) in [7, 11) is 0. The predicted octanol–water partition coefficient (Wildman–Crippen LogP) is -7.83. The molecule has 0 fully saturated rings. The van der Waals surface area contributed by atoms with Crippen LogP contribution in [-0.4, -0.2) is 158 Å². The Morgan fingerprint density at radius 2 is 0.703 bits per heavy atom. The molecule has 91 heavy (non-hydrogen) atoms. The van der Waals surface area contributed by atoms with E-state index in [1.54, 1.807) is 36.4 Å². The summed E-state index contributed by atoms with van der Waals surface area (Å²) in [5.74, 6) is 6.80. The van der Waals surface area contributed by atoms with Crippen molar-refractivity contribution in [2.75, 3.05) is 39.5 Å². The fourth-order valence-electron chi connectivity index (χ4n) is 7.72. The maximum atomic E-state index is 12.5. The molecule has 442 valence electrons. The first-order valence-electron chi connectivity index (χ1n) is 24.8. The molecule has 32 heteroatoms. The van der Waals surface area contributed by atoms with Crippen LogP contribution in [0.3, 0.4) is 0 Å². The van der Waals surface area contributed by atoms with E-state index in [1.165, 1.54) is 64.4 Å². The molecule has 26 nitrogen and oxygen atoms in total. The number of hydrogen-bond donors (Lipinski definition) is 8. The Morgan fingerprint density at radius 3 is 1.02 bits per heavy atom. The van der Waals surface area contributed by atoms with Crippen LogP contribution in [-0.2, 0) is 66.2 Å². The number of aromatic carboxylic acids is 1. The summed E-state index contributed by atoms with van der Waals surface area (Å²) in [6.07, 6.45) is -0.575. The second-order valence-electron chi connectivity index (χ2n) is 18.0. The number of carbonyl (C=O) groups is 8. The number of hydrogen-bond acceptors (Lipinski definition) is 19. The molecule has 3 aromatic carbocycles. The van der Waals surface area contributed by atoms with E-state index >= 15 is 0 Å². The van der Waals surface area contributed by atoms with Crippen molar-refractivity contribution in [2.45, 2.75) is 32.6 Å². The van der Waals surface area contributed by atoms with Gasteiger partial charge in [-0.25, -0.2) is 29.0 Å². The van der Waals surface area contributed by atoms with E-state index in [4.69, 9.17) is 56.6 Å². The van der Waals surface area contributed by atoms with Gasteiger partial charge in [0.15, 0.2) is 26.4 Å². The molecule has 0 amide bonds. The van der Waals surface area contributed by atoms with Crippen molar-refractivity contribution in [3.8, 4) is 58.5 Å². The number of carboxylic acid groups (broad SMARTS) is 8. The van der Waals surface area contributed by atoms with Gasteiger partial charge in [-0.2, -0.15) is 4.99 Å². The fourth-order valence-corrected chi connectivity index (χ4v) is 7.83. The Hall–Kier alpha value is -5.95. The van der Waals surface area contributed by atoms with Crippen molar-refractivity contribution in [3.05, 3.63) is 165 Å². The predicted molar refractivity (Wildman–Crippen MR) is 299 cm³/mol. The van der Waals surface area contributed by atoms with Crippen molar-refractivity contribution < 1.29 is 266 Å². The molecule has 0 atom stereocenters. The number of aliphatic imine (C=N–C) groups is 1. The molecule has 0 aliphatic rings. The first-order valence-corrected chi connectivity index (χ1v) is 25.2. The maximum absolute atomic E-state index is 12.5. The molecule has 0 spiro atoms. The number of rotatable bonds is 28. The Morgan fingerprint density at radius 1 is 0.396 bits per heavy atom. The average Bonchev–Trinajstić information content (AvgIpc) is 3.44. The number of isothiocyanates is 1. The van der Waals surface area contributed by atoms with Crippen LogP contribution < -0.4 is 137 Å². The third-order valence-electron chi connectivity index (χ3n) is 10.9. The number of nitrogens with zero attached hydrogens (tertiary/aromatic N) is 6. The van der Waals surface area contributed by atoms with Gasteiger partial charge in [0, 0.05) is 71.7 Å². The molecule has 3 aromatic heterocycles. The largest absolute Gasteiger partial charge is 3.00 e. The van der Waals surface area contributed by atoms with Gasteiger partial charge in [-0.15, -0.1) is 0 Å². The zero-order valence-electron chi connectivity index (χ0n) is 49.0. The molecule has 6 aromatic rings. The number of thiocarbonyl (C=S) groups is 1. The van der Waals surface area contributed by atoms with Gasteiger partial charge in [0.25, 0.3) is 0 Å². The van der Waals surface area contributed by atoms with E-state index in [2.05, 4.69) is 55.6 Å². The van der Waals surface area contributed by atoms with Gasteiger partial charge in [-0.3, -0.25) is 34.2 Å². The number of carboxylic acids is 8. The van der Waals surface area contributed by atoms with Gasteiger partial charge in [-0.05, 0) is 97.1 Å². The van der Waals surface area contributed by atoms with Crippen LogP contribution in [0.1, 0.15) is 72.3 Å². The van der Waals surface area contributed by atoms with Gasteiger partial charge in [-0.1, -0.05) is 35.5 Å². The Bertz CT molecular complexity index is 3830. The van der Waals surface area contributed by atoms with Crippen LogP contribution >= 0.6 is 12.2 Å². The quantitative estimate of drug-likeness (QED) is 0.00979. The molecule has 0 unspecified atom stereocenters. The van der Waals surface area contributed by atoms with Crippen LogP contribution in [0, 0.1) is 84.9 Å². The smallest absolute Gasteiger partial charge is 0.482 e. The monoisotopic (exact) mass is 1440 g/mol. The molecule has 0 saturated carbocycles. The van der Waals surface area contributed by atoms with Gasteiger partial charge in [0.2, 0.25) is 0 Å². The fraction of sp³-hybridized carbons (Fsp3) is 0.186. The SMILES string of the molecule is O=C(O)COc1cc(C#Cc2cc(CC(=O)O)nc(CN(CC(=O)O)Cc3cc(C#Cc4ccc(N=C=S)cc4)cc(CN(CC(=O)O)Cc4cc(C#Cc5cc(OCC(=O)O)cc(OCC(=O)O)c5)cc(C(=O)O)n4)n3)c2)cc(OCC(=O)O)c1.[Eu+3].[Na+].[Na+].[Na+].[Na+]. The zero-order chi connectivity index (χ0) is 62.3. The topological polar surface area (TPSA) is 393 Å². The molecule has 0 aliphatic heterocycles. The second kappa shape index (κ2) is 42.3. The molecular weight excluding hydrogens is 1390 g/mol. The van der Waals surface area contributed by atoms with Gasteiger partial charge < -0.3 is 59.8 Å². The molecule has 8 N–H and O–H groups in total. The molecular formula is C59H46EuN6Na4O20S+7. The summed E-state index contributed by atoms with van der Waals surface area (Å²) in [5, 5.41) is 79.0. The van der Waals surface area contributed by atoms with Gasteiger partial charge >= 0.3 is 215 Å².